The second kappa shape index (κ2) is 38.2. The van der Waals surface area contributed by atoms with Gasteiger partial charge in [0.1, 0.15) is 12.0 Å². The SMILES string of the molecule is C=C(C)C/C(N)=C/SCC.C=C/C(P)=C\C=C(\C)C(C)Cl.CC.CC.CCCN(C)C.COc1ccc(CC=O)cc1C. The van der Waals surface area contributed by atoms with Crippen LogP contribution in [0, 0.1) is 6.92 Å². The number of nitrogens with two attached hydrogens (primary N) is 1. The largest absolute Gasteiger partial charge is 0.496 e. The molecule has 1 rings (SSSR count). The average molecular weight is 657 g/mol. The predicted molar refractivity (Wildman–Crippen MR) is 206 cm³/mol. The number of aryl methyl sites for hydroxylation is 1. The zero-order valence-electron chi connectivity index (χ0n) is 29.9. The van der Waals surface area contributed by atoms with Crippen LogP contribution in [0.25, 0.3) is 0 Å². The van der Waals surface area contributed by atoms with Gasteiger partial charge in [0.05, 0.1) is 12.5 Å². The van der Waals surface area contributed by atoms with Crippen molar-refractivity contribution in [1.82, 2.24) is 4.90 Å². The van der Waals surface area contributed by atoms with Gasteiger partial charge in [0.2, 0.25) is 0 Å². The highest BCUT2D eigenvalue weighted by atomic mass is 35.5. The van der Waals surface area contributed by atoms with Crippen LogP contribution in [0.4, 0.5) is 0 Å². The normalized spacial score (nSPS) is 11.2. The molecule has 0 aliphatic rings. The van der Waals surface area contributed by atoms with E-state index in [0.717, 1.165) is 57.5 Å². The molecule has 0 saturated heterocycles. The molecule has 0 fully saturated rings. The van der Waals surface area contributed by atoms with Gasteiger partial charge < -0.3 is 20.2 Å². The first-order valence-corrected chi connectivity index (χ1v) is 17.2. The molecule has 0 spiro atoms. The molecule has 4 nitrogen and oxygen atoms in total. The Kier molecular flexibility index (Phi) is 45.2. The topological polar surface area (TPSA) is 55.6 Å². The maximum absolute atomic E-state index is 10.2. The molecule has 0 aromatic heterocycles. The lowest BCUT2D eigenvalue weighted by molar-refractivity contribution is -0.107. The molecule has 0 aliphatic carbocycles. The second-order valence-corrected chi connectivity index (χ2v) is 11.6. The molecule has 0 saturated carbocycles. The van der Waals surface area contributed by atoms with E-state index in [4.69, 9.17) is 22.1 Å². The van der Waals surface area contributed by atoms with Crippen molar-refractivity contribution in [2.45, 2.75) is 93.9 Å². The molecular formula is C36H66ClN2O2PS. The highest BCUT2D eigenvalue weighted by Gasteiger charge is 1.98. The highest BCUT2D eigenvalue weighted by molar-refractivity contribution is 8.02. The number of ether oxygens (including phenoxy) is 1. The Balaban J connectivity index is -0.000000146. The molecule has 0 aliphatic heterocycles. The highest BCUT2D eigenvalue weighted by Crippen LogP contribution is 2.18. The number of carbonyl (C=O) groups excluding carboxylic acids is 1. The van der Waals surface area contributed by atoms with E-state index in [1.165, 1.54) is 13.0 Å². The minimum atomic E-state index is 0.105. The number of nitrogens with zero attached hydrogens (tertiary/aromatic N) is 1. The summed E-state index contributed by atoms with van der Waals surface area (Å²) in [6.07, 6.45) is 9.23. The molecule has 2 atom stereocenters. The summed E-state index contributed by atoms with van der Waals surface area (Å²) in [7, 11) is 8.40. The molecule has 2 unspecified atom stereocenters. The zero-order chi connectivity index (χ0) is 34.8. The summed E-state index contributed by atoms with van der Waals surface area (Å²) in [5.41, 5.74) is 10.9. The van der Waals surface area contributed by atoms with Gasteiger partial charge in [-0.3, -0.25) is 0 Å². The lowest BCUT2D eigenvalue weighted by Crippen LogP contribution is -2.11. The number of allylic oxidation sites excluding steroid dienone is 6. The second-order valence-electron chi connectivity index (χ2n) is 9.16. The number of methoxy groups -OCH3 is 1. The van der Waals surface area contributed by atoms with E-state index in [-0.39, 0.29) is 5.38 Å². The number of benzene rings is 1. The average Bonchev–Trinajstić information content (AvgIpc) is 2.97. The van der Waals surface area contributed by atoms with Gasteiger partial charge in [0, 0.05) is 18.5 Å². The van der Waals surface area contributed by atoms with Gasteiger partial charge in [-0.1, -0.05) is 96.2 Å². The molecule has 0 heterocycles. The molecule has 1 aromatic rings. The van der Waals surface area contributed by atoms with Crippen LogP contribution in [0.15, 0.2) is 77.2 Å². The van der Waals surface area contributed by atoms with Crippen LogP contribution in [0.2, 0.25) is 0 Å². The van der Waals surface area contributed by atoms with Crippen LogP contribution >= 0.6 is 32.6 Å². The Morgan fingerprint density at radius 2 is 1.72 bits per heavy atom. The summed E-state index contributed by atoms with van der Waals surface area (Å²) < 4.78 is 5.09. The lowest BCUT2D eigenvalue weighted by atomic mass is 10.1. The molecule has 250 valence electrons. The maximum atomic E-state index is 10.2. The maximum Gasteiger partial charge on any atom is 0.124 e. The first-order valence-electron chi connectivity index (χ1n) is 15.1. The minimum absolute atomic E-state index is 0.105. The van der Waals surface area contributed by atoms with E-state index in [2.05, 4.69) is 55.2 Å². The van der Waals surface area contributed by atoms with Crippen molar-refractivity contribution in [2.75, 3.05) is 33.5 Å². The summed E-state index contributed by atoms with van der Waals surface area (Å²) >= 11 is 7.55. The number of alkyl halides is 1. The first kappa shape index (κ1) is 50.8. The van der Waals surface area contributed by atoms with Gasteiger partial charge in [0.25, 0.3) is 0 Å². The smallest absolute Gasteiger partial charge is 0.124 e. The van der Waals surface area contributed by atoms with Crippen LogP contribution in [0.5, 0.6) is 5.75 Å². The van der Waals surface area contributed by atoms with Crippen molar-refractivity contribution in [2.24, 2.45) is 5.73 Å². The van der Waals surface area contributed by atoms with Crippen LogP contribution in [-0.2, 0) is 11.2 Å². The van der Waals surface area contributed by atoms with Crippen molar-refractivity contribution in [3.63, 3.8) is 0 Å². The van der Waals surface area contributed by atoms with Crippen molar-refractivity contribution < 1.29 is 9.53 Å². The Bertz CT molecular complexity index is 911. The number of thioether (sulfide) groups is 1. The van der Waals surface area contributed by atoms with Crippen molar-refractivity contribution in [3.05, 3.63) is 88.3 Å². The van der Waals surface area contributed by atoms with Crippen LogP contribution in [0.1, 0.15) is 86.3 Å². The van der Waals surface area contributed by atoms with E-state index in [0.29, 0.717) is 6.42 Å². The fourth-order valence-electron chi connectivity index (χ4n) is 2.62. The van der Waals surface area contributed by atoms with Crippen molar-refractivity contribution in [3.8, 4) is 5.75 Å². The zero-order valence-corrected chi connectivity index (χ0v) is 32.6. The Hall–Kier alpha value is -1.78. The Morgan fingerprint density at radius 3 is 2.05 bits per heavy atom. The molecule has 0 amide bonds. The molecule has 7 heteroatoms. The summed E-state index contributed by atoms with van der Waals surface area (Å²) in [5, 5.41) is 3.17. The van der Waals surface area contributed by atoms with Gasteiger partial charge in [0.15, 0.2) is 0 Å². The number of halogens is 1. The third-order valence-electron chi connectivity index (χ3n) is 4.76. The number of hydrogen-bond donors (Lipinski definition) is 1. The monoisotopic (exact) mass is 656 g/mol. The quantitative estimate of drug-likeness (QED) is 0.0797. The molecule has 1 aromatic carbocycles. The summed E-state index contributed by atoms with van der Waals surface area (Å²) in [6, 6.07) is 5.75. The molecule has 2 N–H and O–H groups in total. The van der Waals surface area contributed by atoms with Gasteiger partial charge in [-0.25, -0.2) is 0 Å². The summed E-state index contributed by atoms with van der Waals surface area (Å²) in [5.74, 6) is 1.95. The molecular weight excluding hydrogens is 591 g/mol. The van der Waals surface area contributed by atoms with Crippen molar-refractivity contribution in [1.29, 1.82) is 0 Å². The predicted octanol–water partition coefficient (Wildman–Crippen LogP) is 10.8. The van der Waals surface area contributed by atoms with Gasteiger partial charge in [-0.15, -0.1) is 32.6 Å². The molecule has 0 radical (unpaired) electrons. The number of hydrogen-bond acceptors (Lipinski definition) is 5. The van der Waals surface area contributed by atoms with Crippen LogP contribution < -0.4 is 10.5 Å². The number of carbonyl (C=O) groups is 1. The van der Waals surface area contributed by atoms with Crippen LogP contribution in [-0.4, -0.2) is 50.1 Å². The third-order valence-corrected chi connectivity index (χ3v) is 6.33. The lowest BCUT2D eigenvalue weighted by Gasteiger charge is -2.04. The Morgan fingerprint density at radius 1 is 1.16 bits per heavy atom. The number of rotatable bonds is 12. The van der Waals surface area contributed by atoms with E-state index < -0.39 is 0 Å². The van der Waals surface area contributed by atoms with E-state index >= 15 is 0 Å². The molecule has 43 heavy (non-hydrogen) atoms. The van der Waals surface area contributed by atoms with E-state index in [1.54, 1.807) is 24.9 Å². The molecule has 0 bridgehead atoms. The van der Waals surface area contributed by atoms with Crippen LogP contribution in [0.3, 0.4) is 0 Å². The van der Waals surface area contributed by atoms with Gasteiger partial charge >= 0.3 is 0 Å². The van der Waals surface area contributed by atoms with Crippen molar-refractivity contribution >= 4 is 38.9 Å². The summed E-state index contributed by atoms with van der Waals surface area (Å²) in [4.78, 5) is 12.4. The fourth-order valence-corrected chi connectivity index (χ4v) is 3.25. The fraction of sp³-hybridized carbons (Fsp3) is 0.528. The number of aldehydes is 1. The van der Waals surface area contributed by atoms with E-state index in [1.807, 2.05) is 91.1 Å². The van der Waals surface area contributed by atoms with Gasteiger partial charge in [-0.05, 0) is 88.4 Å². The standard InChI is InChI=1S/C10H12O2.C9H14ClP.C8H15NS.C5H13N.2C2H6/c1-8-7-9(5-6-11)3-4-10(8)12-2;1-4-9(11)6-5-7(2)8(3)10;1-4-10-6-8(9)5-7(2)3;1-4-5-6(2)3;2*1-2/h3-4,6-7H,5H2,1-2H3;4-6,8H,1,11H2,2-3H3;6H,2,4-5,9H2,1,3H3;4-5H2,1-3H3;2*1-2H3/b;7-5-,9-6+;8-6-;;;. The Labute approximate surface area is 279 Å². The van der Waals surface area contributed by atoms with Gasteiger partial charge in [-0.2, -0.15) is 0 Å². The minimum Gasteiger partial charge on any atom is -0.496 e. The summed E-state index contributed by atoms with van der Waals surface area (Å²) in [6.45, 7) is 28.8. The first-order chi connectivity index (χ1) is 20.3. The van der Waals surface area contributed by atoms with E-state index in [9.17, 15) is 4.79 Å². The third kappa shape index (κ3) is 40.2.